The first-order chi connectivity index (χ1) is 16.2. The molecule has 0 unspecified atom stereocenters. The molecule has 1 aliphatic heterocycles. The molecule has 2 aromatic carbocycles. The van der Waals surface area contributed by atoms with E-state index in [1.54, 1.807) is 16.9 Å². The van der Waals surface area contributed by atoms with E-state index in [0.717, 1.165) is 16.5 Å². The quantitative estimate of drug-likeness (QED) is 0.439. The maximum atomic E-state index is 16.1. The molecule has 5 rings (SSSR count). The first kappa shape index (κ1) is 22.3. The molecule has 1 N–H and O–H groups in total. The molecule has 1 amide bonds. The normalized spacial score (nSPS) is 18.8. The highest BCUT2D eigenvalue weighted by Crippen LogP contribution is 2.42. The number of rotatable bonds is 2. The smallest absolute Gasteiger partial charge is 0.407 e. The van der Waals surface area contributed by atoms with Gasteiger partial charge in [0.2, 0.25) is 0 Å². The van der Waals surface area contributed by atoms with Crippen molar-refractivity contribution in [2.45, 2.75) is 32.9 Å². The van der Waals surface area contributed by atoms with Gasteiger partial charge in [-0.2, -0.15) is 5.10 Å². The van der Waals surface area contributed by atoms with Crippen LogP contribution in [0.3, 0.4) is 0 Å². The molecule has 0 aliphatic carbocycles. The molecular formula is C24H24ClFN6O2. The van der Waals surface area contributed by atoms with E-state index in [1.165, 1.54) is 11.2 Å². The van der Waals surface area contributed by atoms with Crippen LogP contribution < -0.4 is 4.90 Å². The number of carbonyl (C=O) groups is 1. The van der Waals surface area contributed by atoms with Crippen molar-refractivity contribution in [3.05, 3.63) is 47.1 Å². The number of aryl methyl sites for hydroxylation is 2. The van der Waals surface area contributed by atoms with Gasteiger partial charge in [0.25, 0.3) is 0 Å². The van der Waals surface area contributed by atoms with Crippen LogP contribution in [0.15, 0.2) is 30.7 Å². The van der Waals surface area contributed by atoms with E-state index in [4.69, 9.17) is 11.6 Å². The van der Waals surface area contributed by atoms with Crippen molar-refractivity contribution < 1.29 is 14.3 Å². The number of hydrogen-bond acceptors (Lipinski definition) is 5. The van der Waals surface area contributed by atoms with Gasteiger partial charge >= 0.3 is 6.09 Å². The van der Waals surface area contributed by atoms with E-state index >= 15 is 4.39 Å². The summed E-state index contributed by atoms with van der Waals surface area (Å²) in [5.74, 6) is 0.0185. The number of piperazine rings is 1. The van der Waals surface area contributed by atoms with Crippen LogP contribution in [0.25, 0.3) is 32.9 Å². The highest BCUT2D eigenvalue weighted by atomic mass is 35.5. The van der Waals surface area contributed by atoms with Gasteiger partial charge in [-0.15, -0.1) is 0 Å². The van der Waals surface area contributed by atoms with Gasteiger partial charge in [-0.05, 0) is 32.4 Å². The van der Waals surface area contributed by atoms with Crippen LogP contribution in [0.5, 0.6) is 0 Å². The monoisotopic (exact) mass is 482 g/mol. The molecule has 3 heterocycles. The minimum absolute atomic E-state index is 0.155. The molecule has 34 heavy (non-hydrogen) atoms. The van der Waals surface area contributed by atoms with Crippen LogP contribution in [0.4, 0.5) is 15.0 Å². The van der Waals surface area contributed by atoms with Crippen molar-refractivity contribution in [2.75, 3.05) is 18.0 Å². The van der Waals surface area contributed by atoms with Gasteiger partial charge in [0.1, 0.15) is 17.7 Å². The second-order valence-corrected chi connectivity index (χ2v) is 9.30. The average Bonchev–Trinajstić information content (AvgIpc) is 3.17. The first-order valence-corrected chi connectivity index (χ1v) is 11.4. The Hall–Kier alpha value is -3.46. The predicted molar refractivity (Wildman–Crippen MR) is 130 cm³/mol. The maximum absolute atomic E-state index is 16.1. The topological polar surface area (TPSA) is 87.4 Å². The maximum Gasteiger partial charge on any atom is 0.407 e. The molecule has 8 nitrogen and oxygen atoms in total. The Morgan fingerprint density at radius 3 is 2.68 bits per heavy atom. The fraction of sp³-hybridized carbons (Fsp3) is 0.333. The highest BCUT2D eigenvalue weighted by Gasteiger charge is 2.34. The largest absolute Gasteiger partial charge is 0.465 e. The molecular weight excluding hydrogens is 459 g/mol. The Bertz CT molecular complexity index is 1450. The molecule has 176 valence electrons. The lowest BCUT2D eigenvalue weighted by Crippen LogP contribution is -2.58. The third-order valence-corrected chi connectivity index (χ3v) is 6.96. The Morgan fingerprint density at radius 2 is 1.94 bits per heavy atom. The fourth-order valence-electron chi connectivity index (χ4n) is 4.95. The van der Waals surface area contributed by atoms with Gasteiger partial charge in [-0.3, -0.25) is 4.68 Å². The Kier molecular flexibility index (Phi) is 5.31. The number of nitrogens with zero attached hydrogens (tertiary/aromatic N) is 6. The zero-order chi connectivity index (χ0) is 24.3. The van der Waals surface area contributed by atoms with Gasteiger partial charge in [-0.25, -0.2) is 19.2 Å². The van der Waals surface area contributed by atoms with Gasteiger partial charge in [0, 0.05) is 54.1 Å². The molecule has 2 aromatic heterocycles. The lowest BCUT2D eigenvalue weighted by Gasteiger charge is -2.43. The van der Waals surface area contributed by atoms with E-state index in [1.807, 2.05) is 44.9 Å². The fourth-order valence-corrected chi connectivity index (χ4v) is 5.23. The SMILES string of the molecule is Cc1ccc2cnn(C)c2c1-c1c(Cl)cc2c(N3C[C@@H](C)N(C(=O)O)C[C@@H]3C)ncnc2c1F. The lowest BCUT2D eigenvalue weighted by atomic mass is 9.96. The molecule has 0 radical (unpaired) electrons. The number of hydrogen-bond donors (Lipinski definition) is 1. The van der Waals surface area contributed by atoms with Crippen molar-refractivity contribution in [1.29, 1.82) is 0 Å². The van der Waals surface area contributed by atoms with E-state index in [2.05, 4.69) is 15.1 Å². The van der Waals surface area contributed by atoms with Gasteiger partial charge in [0.15, 0.2) is 5.82 Å². The van der Waals surface area contributed by atoms with Crippen molar-refractivity contribution >= 4 is 45.3 Å². The van der Waals surface area contributed by atoms with Crippen LogP contribution in [-0.4, -0.2) is 61.0 Å². The van der Waals surface area contributed by atoms with Crippen molar-refractivity contribution in [1.82, 2.24) is 24.6 Å². The number of fused-ring (bicyclic) bond motifs is 2. The number of amides is 1. The molecule has 10 heteroatoms. The first-order valence-electron chi connectivity index (χ1n) is 11.0. The van der Waals surface area contributed by atoms with Crippen LogP contribution in [0.1, 0.15) is 19.4 Å². The van der Waals surface area contributed by atoms with E-state index in [-0.39, 0.29) is 28.2 Å². The van der Waals surface area contributed by atoms with Crippen LogP contribution in [0.2, 0.25) is 5.02 Å². The third-order valence-electron chi connectivity index (χ3n) is 6.66. The second kappa shape index (κ2) is 8.09. The predicted octanol–water partition coefficient (Wildman–Crippen LogP) is 4.86. The van der Waals surface area contributed by atoms with Crippen LogP contribution in [0, 0.1) is 12.7 Å². The molecule has 0 saturated carbocycles. The Morgan fingerprint density at radius 1 is 1.18 bits per heavy atom. The standard InChI is InChI=1S/C24H24ClFN6O2/c1-12-5-6-15-8-29-30(4)22(15)18(12)19-17(25)7-16-21(20(19)26)27-11-28-23(16)31-9-14(3)32(24(33)34)10-13(31)2/h5-8,11,13-14H,9-10H2,1-4H3,(H,33,34)/t13-,14+/m0/s1. The number of anilines is 1. The summed E-state index contributed by atoms with van der Waals surface area (Å²) < 4.78 is 17.9. The van der Waals surface area contributed by atoms with Crippen molar-refractivity contribution in [2.24, 2.45) is 7.05 Å². The summed E-state index contributed by atoms with van der Waals surface area (Å²) in [7, 11) is 1.82. The van der Waals surface area contributed by atoms with Crippen molar-refractivity contribution in [3.63, 3.8) is 0 Å². The molecule has 1 saturated heterocycles. The van der Waals surface area contributed by atoms with Gasteiger partial charge in [0.05, 0.1) is 16.7 Å². The summed E-state index contributed by atoms with van der Waals surface area (Å²) in [5.41, 5.74) is 2.80. The van der Waals surface area contributed by atoms with E-state index < -0.39 is 11.9 Å². The number of carboxylic acid groups (broad SMARTS) is 1. The summed E-state index contributed by atoms with van der Waals surface area (Å²) in [6, 6.07) is 5.18. The summed E-state index contributed by atoms with van der Waals surface area (Å²) in [6.07, 6.45) is 2.13. The van der Waals surface area contributed by atoms with Crippen LogP contribution >= 0.6 is 11.6 Å². The van der Waals surface area contributed by atoms with E-state index in [0.29, 0.717) is 29.9 Å². The van der Waals surface area contributed by atoms with Gasteiger partial charge in [-0.1, -0.05) is 23.7 Å². The number of benzene rings is 2. The molecule has 0 spiro atoms. The summed E-state index contributed by atoms with van der Waals surface area (Å²) in [4.78, 5) is 23.7. The summed E-state index contributed by atoms with van der Waals surface area (Å²) in [6.45, 7) is 6.43. The average molecular weight is 483 g/mol. The minimum atomic E-state index is -0.954. The highest BCUT2D eigenvalue weighted by molar-refractivity contribution is 6.35. The Labute approximate surface area is 200 Å². The third kappa shape index (κ3) is 3.34. The van der Waals surface area contributed by atoms with E-state index in [9.17, 15) is 9.90 Å². The summed E-state index contributed by atoms with van der Waals surface area (Å²) >= 11 is 6.75. The van der Waals surface area contributed by atoms with Gasteiger partial charge < -0.3 is 14.9 Å². The zero-order valence-electron chi connectivity index (χ0n) is 19.3. The molecule has 2 atom stereocenters. The van der Waals surface area contributed by atoms with Crippen molar-refractivity contribution in [3.8, 4) is 11.1 Å². The number of aromatic nitrogens is 4. The molecule has 4 aromatic rings. The number of halogens is 2. The molecule has 1 aliphatic rings. The minimum Gasteiger partial charge on any atom is -0.465 e. The molecule has 1 fully saturated rings. The second-order valence-electron chi connectivity index (χ2n) is 8.89. The Balaban J connectivity index is 1.70. The summed E-state index contributed by atoms with van der Waals surface area (Å²) in [5, 5.41) is 15.4. The zero-order valence-corrected chi connectivity index (χ0v) is 20.0. The molecule has 0 bridgehead atoms. The lowest BCUT2D eigenvalue weighted by molar-refractivity contribution is 0.114. The van der Waals surface area contributed by atoms with Crippen LogP contribution in [-0.2, 0) is 7.05 Å².